The predicted molar refractivity (Wildman–Crippen MR) is 82.2 cm³/mol. The Kier molecular flexibility index (Phi) is 4.09. The van der Waals surface area contributed by atoms with Crippen LogP contribution in [0.2, 0.25) is 0 Å². The van der Waals surface area contributed by atoms with Crippen molar-refractivity contribution in [3.05, 3.63) is 21.5 Å². The number of H-pyrrole nitrogens is 1. The fourth-order valence-electron chi connectivity index (χ4n) is 4.12. The fraction of sp³-hybridized carbons (Fsp3) is 0.733. The molecule has 0 aliphatic heterocycles. The third-order valence-electron chi connectivity index (χ3n) is 5.31. The smallest absolute Gasteiger partial charge is 0.322 e. The van der Waals surface area contributed by atoms with Crippen LogP contribution in [0.1, 0.15) is 55.2 Å². The first kappa shape index (κ1) is 15.9. The molecule has 2 fully saturated rings. The van der Waals surface area contributed by atoms with Crippen LogP contribution in [0.3, 0.4) is 0 Å². The largest absolute Gasteiger partial charge is 0.378 e. The molecule has 2 aliphatic carbocycles. The van der Waals surface area contributed by atoms with Gasteiger partial charge in [0.05, 0.1) is 11.0 Å². The maximum atomic E-state index is 12.5. The number of hydrogen-bond donors (Lipinski definition) is 2. The van der Waals surface area contributed by atoms with Gasteiger partial charge < -0.3 is 10.1 Å². The van der Waals surface area contributed by atoms with Crippen molar-refractivity contribution in [1.29, 1.82) is 0 Å². The van der Waals surface area contributed by atoms with Crippen molar-refractivity contribution < 1.29 is 14.5 Å². The number of aromatic nitrogens is 2. The van der Waals surface area contributed by atoms with Crippen molar-refractivity contribution in [3.63, 3.8) is 0 Å². The molecule has 0 aromatic carbocycles. The second-order valence-corrected chi connectivity index (χ2v) is 6.45. The van der Waals surface area contributed by atoms with Gasteiger partial charge in [-0.05, 0) is 33.1 Å². The van der Waals surface area contributed by atoms with Gasteiger partial charge in [-0.15, -0.1) is 0 Å². The van der Waals surface area contributed by atoms with E-state index < -0.39 is 10.8 Å². The number of aryl methyl sites for hydroxylation is 1. The molecule has 8 nitrogen and oxygen atoms in total. The van der Waals surface area contributed by atoms with E-state index in [-0.39, 0.29) is 34.6 Å². The Hall–Kier alpha value is -1.96. The van der Waals surface area contributed by atoms with E-state index in [1.807, 2.05) is 6.92 Å². The number of nitro groups is 1. The minimum absolute atomic E-state index is 0.00524. The van der Waals surface area contributed by atoms with Gasteiger partial charge in [-0.25, -0.2) is 0 Å². The fourth-order valence-corrected chi connectivity index (χ4v) is 4.12. The molecule has 3 rings (SSSR count). The summed E-state index contributed by atoms with van der Waals surface area (Å²) in [5.41, 5.74) is -0.105. The standard InChI is InChI=1S/C15H22N4O4/c1-3-23-11-8-10(15(11)6-4-5-7-15)16-14(20)12-13(19(21)22)9(2)17-18-12/h10-11H,3-8H2,1-2H3,(H,16,20)(H,17,18)/t10-,11-/m0/s1. The first-order valence-corrected chi connectivity index (χ1v) is 8.11. The topological polar surface area (TPSA) is 110 Å². The minimum Gasteiger partial charge on any atom is -0.378 e. The molecule has 2 atom stereocenters. The van der Waals surface area contributed by atoms with Gasteiger partial charge in [-0.1, -0.05) is 12.8 Å². The number of nitrogens with zero attached hydrogens (tertiary/aromatic N) is 2. The maximum absolute atomic E-state index is 12.5. The van der Waals surface area contributed by atoms with Crippen LogP contribution in [0.25, 0.3) is 0 Å². The van der Waals surface area contributed by atoms with Crippen LogP contribution in [-0.4, -0.2) is 39.8 Å². The highest BCUT2D eigenvalue weighted by atomic mass is 16.6. The van der Waals surface area contributed by atoms with Crippen molar-refractivity contribution in [3.8, 4) is 0 Å². The van der Waals surface area contributed by atoms with Crippen LogP contribution in [0.15, 0.2) is 0 Å². The van der Waals surface area contributed by atoms with E-state index in [0.29, 0.717) is 6.61 Å². The van der Waals surface area contributed by atoms with E-state index in [2.05, 4.69) is 15.5 Å². The molecule has 23 heavy (non-hydrogen) atoms. The summed E-state index contributed by atoms with van der Waals surface area (Å²) >= 11 is 0. The van der Waals surface area contributed by atoms with Gasteiger partial charge in [-0.2, -0.15) is 5.10 Å². The van der Waals surface area contributed by atoms with Crippen molar-refractivity contribution in [2.75, 3.05) is 6.61 Å². The van der Waals surface area contributed by atoms with E-state index >= 15 is 0 Å². The number of carbonyl (C=O) groups excluding carboxylic acids is 1. The first-order valence-electron chi connectivity index (χ1n) is 8.11. The molecule has 0 unspecified atom stereocenters. The highest BCUT2D eigenvalue weighted by molar-refractivity contribution is 5.96. The SMILES string of the molecule is CCO[C@H]1C[C@H](NC(=O)c2n[nH]c(C)c2[N+](=O)[O-])C12CCCC2. The van der Waals surface area contributed by atoms with Crippen LogP contribution >= 0.6 is 0 Å². The van der Waals surface area contributed by atoms with Gasteiger partial charge in [0.15, 0.2) is 0 Å². The zero-order valence-electron chi connectivity index (χ0n) is 13.4. The van der Waals surface area contributed by atoms with E-state index in [4.69, 9.17) is 4.74 Å². The summed E-state index contributed by atoms with van der Waals surface area (Å²) in [5.74, 6) is -0.479. The average molecular weight is 322 g/mol. The highest BCUT2D eigenvalue weighted by Crippen LogP contribution is 2.54. The normalized spacial score (nSPS) is 25.3. The summed E-state index contributed by atoms with van der Waals surface area (Å²) in [6.45, 7) is 4.18. The average Bonchev–Trinajstić information content (AvgIpc) is 3.14. The summed E-state index contributed by atoms with van der Waals surface area (Å²) in [6.07, 6.45) is 5.27. The Morgan fingerprint density at radius 2 is 2.22 bits per heavy atom. The van der Waals surface area contributed by atoms with Crippen molar-refractivity contribution >= 4 is 11.6 Å². The van der Waals surface area contributed by atoms with E-state index in [1.165, 1.54) is 6.92 Å². The van der Waals surface area contributed by atoms with E-state index in [1.54, 1.807) is 0 Å². The molecule has 0 bridgehead atoms. The Morgan fingerprint density at radius 1 is 1.52 bits per heavy atom. The van der Waals surface area contributed by atoms with Gasteiger partial charge in [0.2, 0.25) is 5.69 Å². The molecular weight excluding hydrogens is 300 g/mol. The van der Waals surface area contributed by atoms with Crippen molar-refractivity contribution in [2.24, 2.45) is 5.41 Å². The van der Waals surface area contributed by atoms with Crippen LogP contribution in [0, 0.1) is 22.5 Å². The molecule has 2 N–H and O–H groups in total. The Morgan fingerprint density at radius 3 is 2.83 bits per heavy atom. The van der Waals surface area contributed by atoms with Crippen LogP contribution in [-0.2, 0) is 4.74 Å². The molecule has 1 amide bonds. The Balaban J connectivity index is 1.75. The molecule has 0 radical (unpaired) electrons. The van der Waals surface area contributed by atoms with E-state index in [9.17, 15) is 14.9 Å². The lowest BCUT2D eigenvalue weighted by atomic mass is 9.60. The van der Waals surface area contributed by atoms with Gasteiger partial charge in [0.25, 0.3) is 5.91 Å². The number of hydrogen-bond acceptors (Lipinski definition) is 5. The van der Waals surface area contributed by atoms with E-state index in [0.717, 1.165) is 32.1 Å². The highest BCUT2D eigenvalue weighted by Gasteiger charge is 2.57. The lowest BCUT2D eigenvalue weighted by molar-refractivity contribution is -0.385. The molecule has 126 valence electrons. The molecule has 8 heteroatoms. The molecule has 0 saturated heterocycles. The number of nitrogens with one attached hydrogen (secondary N) is 2. The summed E-state index contributed by atoms with van der Waals surface area (Å²) in [6, 6.07) is 0.00524. The zero-order chi connectivity index (χ0) is 16.6. The van der Waals surface area contributed by atoms with Gasteiger partial charge in [0, 0.05) is 18.1 Å². The monoisotopic (exact) mass is 322 g/mol. The Labute approximate surface area is 134 Å². The molecule has 1 heterocycles. The minimum atomic E-state index is -0.567. The third kappa shape index (κ3) is 2.50. The zero-order valence-corrected chi connectivity index (χ0v) is 13.4. The van der Waals surface area contributed by atoms with Crippen LogP contribution < -0.4 is 5.32 Å². The molecule has 1 aromatic rings. The molecule has 1 spiro atoms. The number of carbonyl (C=O) groups is 1. The summed E-state index contributed by atoms with van der Waals surface area (Å²) < 4.78 is 5.82. The van der Waals surface area contributed by atoms with Gasteiger partial charge in [-0.3, -0.25) is 20.0 Å². The number of amides is 1. The predicted octanol–water partition coefficient (Wildman–Crippen LogP) is 2.09. The van der Waals surface area contributed by atoms with Gasteiger partial charge >= 0.3 is 5.69 Å². The lowest BCUT2D eigenvalue weighted by Crippen LogP contribution is -2.63. The molecular formula is C15H22N4O4. The third-order valence-corrected chi connectivity index (χ3v) is 5.31. The number of rotatable bonds is 5. The quantitative estimate of drug-likeness (QED) is 0.637. The molecule has 2 aliphatic rings. The second-order valence-electron chi connectivity index (χ2n) is 6.45. The summed E-state index contributed by atoms with van der Waals surface area (Å²) in [4.78, 5) is 23.0. The van der Waals surface area contributed by atoms with Crippen molar-refractivity contribution in [1.82, 2.24) is 15.5 Å². The molecule has 2 saturated carbocycles. The Bertz CT molecular complexity index is 621. The number of aromatic amines is 1. The molecule has 1 aromatic heterocycles. The number of ether oxygens (including phenoxy) is 1. The first-order chi connectivity index (χ1) is 11.0. The summed E-state index contributed by atoms with van der Waals surface area (Å²) in [5, 5.41) is 20.4. The maximum Gasteiger partial charge on any atom is 0.322 e. The second kappa shape index (κ2) is 5.92. The summed E-state index contributed by atoms with van der Waals surface area (Å²) in [7, 11) is 0. The van der Waals surface area contributed by atoms with Crippen LogP contribution in [0.4, 0.5) is 5.69 Å². The van der Waals surface area contributed by atoms with Crippen molar-refractivity contribution in [2.45, 2.75) is 58.1 Å². The van der Waals surface area contributed by atoms with Crippen LogP contribution in [0.5, 0.6) is 0 Å². The lowest BCUT2D eigenvalue weighted by Gasteiger charge is -2.53. The van der Waals surface area contributed by atoms with Gasteiger partial charge in [0.1, 0.15) is 5.69 Å².